The first kappa shape index (κ1) is 18.5. The van der Waals surface area contributed by atoms with Gasteiger partial charge in [0.1, 0.15) is 6.10 Å². The predicted octanol–water partition coefficient (Wildman–Crippen LogP) is 6.42. The quantitative estimate of drug-likeness (QED) is 0.438. The van der Waals surface area contributed by atoms with Crippen molar-refractivity contribution in [3.05, 3.63) is 48.0 Å². The smallest absolute Gasteiger partial charge is 0.338 e. The van der Waals surface area contributed by atoms with Crippen LogP contribution in [0.4, 0.5) is 0 Å². The molecular weight excluding hydrogens is 344 g/mol. The Labute approximate surface area is 169 Å². The monoisotopic (exact) mass is 378 g/mol. The molecule has 1 aromatic rings. The molecule has 4 aliphatic carbocycles. The van der Waals surface area contributed by atoms with Gasteiger partial charge in [0.2, 0.25) is 0 Å². The van der Waals surface area contributed by atoms with E-state index in [1.165, 1.54) is 38.5 Å². The Morgan fingerprint density at radius 2 is 1.82 bits per heavy atom. The van der Waals surface area contributed by atoms with Crippen molar-refractivity contribution < 1.29 is 9.53 Å². The van der Waals surface area contributed by atoms with E-state index in [1.54, 1.807) is 0 Å². The lowest BCUT2D eigenvalue weighted by Crippen LogP contribution is -2.53. The maximum Gasteiger partial charge on any atom is 0.338 e. The molecule has 7 atom stereocenters. The molecule has 1 aromatic carbocycles. The van der Waals surface area contributed by atoms with Gasteiger partial charge in [-0.15, -0.1) is 0 Å². The van der Waals surface area contributed by atoms with Crippen molar-refractivity contribution in [3.8, 4) is 0 Å². The average Bonchev–Trinajstić information content (AvgIpc) is 3.11. The lowest BCUT2D eigenvalue weighted by atomic mass is 9.45. The largest absolute Gasteiger partial charge is 0.459 e. The SMILES string of the molecule is C[C@]12CC[C@H](OC(=O)c3ccccc3)C[C@@H]1CC[C@H]1[C@H]2CC[C@@]2(C)C=CC[C@H]12. The molecule has 0 bridgehead atoms. The highest BCUT2D eigenvalue weighted by atomic mass is 16.5. The molecule has 0 aromatic heterocycles. The summed E-state index contributed by atoms with van der Waals surface area (Å²) in [6.45, 7) is 5.08. The first-order chi connectivity index (χ1) is 13.5. The van der Waals surface area contributed by atoms with Crippen molar-refractivity contribution in [3.63, 3.8) is 0 Å². The van der Waals surface area contributed by atoms with E-state index in [0.29, 0.717) is 16.4 Å². The number of carbonyl (C=O) groups excluding carboxylic acids is 1. The van der Waals surface area contributed by atoms with Crippen LogP contribution in [0, 0.1) is 34.5 Å². The second-order valence-electron chi connectivity index (χ2n) is 10.5. The van der Waals surface area contributed by atoms with E-state index in [4.69, 9.17) is 4.74 Å². The summed E-state index contributed by atoms with van der Waals surface area (Å²) in [6, 6.07) is 9.47. The van der Waals surface area contributed by atoms with Crippen molar-refractivity contribution in [2.45, 2.75) is 71.3 Å². The van der Waals surface area contributed by atoms with E-state index in [1.807, 2.05) is 30.3 Å². The van der Waals surface area contributed by atoms with Crippen LogP contribution < -0.4 is 0 Å². The standard InChI is InChI=1S/C26H34O2/c1-25-14-6-9-22(25)21-11-10-19-17-20(12-16-26(19,2)23(21)13-15-25)28-24(27)18-7-4-3-5-8-18/h3-8,14,19-23H,9-13,15-17H2,1-2H3/t19-,20-,21+,22+,23+,25+,26-/m0/s1. The highest BCUT2D eigenvalue weighted by molar-refractivity contribution is 5.89. The molecule has 0 heterocycles. The van der Waals surface area contributed by atoms with Crippen LogP contribution in [-0.4, -0.2) is 12.1 Å². The van der Waals surface area contributed by atoms with E-state index in [2.05, 4.69) is 26.0 Å². The lowest BCUT2D eigenvalue weighted by molar-refractivity contribution is -0.118. The highest BCUT2D eigenvalue weighted by Gasteiger charge is 2.57. The van der Waals surface area contributed by atoms with Gasteiger partial charge in [0.05, 0.1) is 5.56 Å². The Morgan fingerprint density at radius 3 is 2.64 bits per heavy atom. The molecule has 0 unspecified atom stereocenters. The molecule has 5 rings (SSSR count). The summed E-state index contributed by atoms with van der Waals surface area (Å²) in [4.78, 5) is 12.5. The van der Waals surface area contributed by atoms with Gasteiger partial charge in [-0.3, -0.25) is 0 Å². The third-order valence-corrected chi connectivity index (χ3v) is 9.23. The Kier molecular flexibility index (Phi) is 4.45. The van der Waals surface area contributed by atoms with Crippen LogP contribution in [0.5, 0.6) is 0 Å². The summed E-state index contributed by atoms with van der Waals surface area (Å²) < 4.78 is 5.94. The molecule has 0 amide bonds. The molecule has 0 saturated heterocycles. The van der Waals surface area contributed by atoms with Crippen molar-refractivity contribution in [1.29, 1.82) is 0 Å². The first-order valence-electron chi connectivity index (χ1n) is 11.4. The van der Waals surface area contributed by atoms with Gasteiger partial charge < -0.3 is 4.74 Å². The van der Waals surface area contributed by atoms with Crippen molar-refractivity contribution >= 4 is 5.97 Å². The molecule has 2 nitrogen and oxygen atoms in total. The third kappa shape index (κ3) is 2.86. The van der Waals surface area contributed by atoms with Crippen LogP contribution in [0.25, 0.3) is 0 Å². The van der Waals surface area contributed by atoms with E-state index >= 15 is 0 Å². The van der Waals surface area contributed by atoms with Crippen molar-refractivity contribution in [1.82, 2.24) is 0 Å². The number of allylic oxidation sites excluding steroid dienone is 2. The second kappa shape index (κ2) is 6.75. The zero-order chi connectivity index (χ0) is 19.4. The molecule has 2 heteroatoms. The van der Waals surface area contributed by atoms with E-state index < -0.39 is 0 Å². The summed E-state index contributed by atoms with van der Waals surface area (Å²) in [5, 5.41) is 0. The van der Waals surface area contributed by atoms with Gasteiger partial charge in [0.15, 0.2) is 0 Å². The molecule has 0 N–H and O–H groups in total. The molecule has 0 spiro atoms. The molecular formula is C26H34O2. The maximum atomic E-state index is 12.5. The zero-order valence-electron chi connectivity index (χ0n) is 17.4. The minimum atomic E-state index is -0.145. The number of fused-ring (bicyclic) bond motifs is 5. The molecule has 3 fully saturated rings. The molecule has 150 valence electrons. The zero-order valence-corrected chi connectivity index (χ0v) is 17.4. The van der Waals surface area contributed by atoms with Crippen LogP contribution in [0.2, 0.25) is 0 Å². The topological polar surface area (TPSA) is 26.3 Å². The van der Waals surface area contributed by atoms with E-state index in [0.717, 1.165) is 36.5 Å². The number of hydrogen-bond donors (Lipinski definition) is 0. The van der Waals surface area contributed by atoms with Crippen LogP contribution in [0.3, 0.4) is 0 Å². The number of rotatable bonds is 2. The molecule has 0 aliphatic heterocycles. The average molecular weight is 379 g/mol. The van der Waals surface area contributed by atoms with E-state index in [-0.39, 0.29) is 12.1 Å². The van der Waals surface area contributed by atoms with Crippen LogP contribution in [-0.2, 0) is 4.74 Å². The Bertz CT molecular complexity index is 768. The molecule has 3 saturated carbocycles. The molecule has 0 radical (unpaired) electrons. The van der Waals surface area contributed by atoms with Gasteiger partial charge >= 0.3 is 5.97 Å². The normalized spacial score (nSPS) is 44.3. The summed E-state index contributed by atoms with van der Waals surface area (Å²) >= 11 is 0. The molecule has 4 aliphatic rings. The van der Waals surface area contributed by atoms with Crippen LogP contribution in [0.15, 0.2) is 42.5 Å². The summed E-state index contributed by atoms with van der Waals surface area (Å²) in [5.74, 6) is 3.22. The van der Waals surface area contributed by atoms with Crippen LogP contribution >= 0.6 is 0 Å². The number of esters is 1. The second-order valence-corrected chi connectivity index (χ2v) is 10.5. The fraction of sp³-hybridized carbons (Fsp3) is 0.654. The van der Waals surface area contributed by atoms with Crippen molar-refractivity contribution in [2.75, 3.05) is 0 Å². The number of carbonyl (C=O) groups is 1. The minimum Gasteiger partial charge on any atom is -0.459 e. The number of hydrogen-bond acceptors (Lipinski definition) is 2. The predicted molar refractivity (Wildman–Crippen MR) is 112 cm³/mol. The Balaban J connectivity index is 1.28. The third-order valence-electron chi connectivity index (χ3n) is 9.23. The fourth-order valence-corrected chi connectivity index (χ4v) is 7.60. The number of benzene rings is 1. The first-order valence-corrected chi connectivity index (χ1v) is 11.4. The van der Waals surface area contributed by atoms with Gasteiger partial charge in [0.25, 0.3) is 0 Å². The van der Waals surface area contributed by atoms with Gasteiger partial charge in [-0.2, -0.15) is 0 Å². The highest BCUT2D eigenvalue weighted by Crippen LogP contribution is 2.65. The van der Waals surface area contributed by atoms with Gasteiger partial charge in [-0.1, -0.05) is 44.2 Å². The van der Waals surface area contributed by atoms with Crippen molar-refractivity contribution in [2.24, 2.45) is 34.5 Å². The van der Waals surface area contributed by atoms with Gasteiger partial charge in [-0.05, 0) is 98.0 Å². The lowest BCUT2D eigenvalue weighted by Gasteiger charge is -2.60. The maximum absolute atomic E-state index is 12.5. The van der Waals surface area contributed by atoms with E-state index in [9.17, 15) is 4.79 Å². The van der Waals surface area contributed by atoms with Gasteiger partial charge in [-0.25, -0.2) is 4.79 Å². The summed E-state index contributed by atoms with van der Waals surface area (Å²) in [5.41, 5.74) is 1.59. The van der Waals surface area contributed by atoms with Gasteiger partial charge in [0, 0.05) is 0 Å². The summed E-state index contributed by atoms with van der Waals surface area (Å²) in [7, 11) is 0. The Morgan fingerprint density at radius 1 is 1.00 bits per heavy atom. The fourth-order valence-electron chi connectivity index (χ4n) is 7.60. The minimum absolute atomic E-state index is 0.101. The number of ether oxygens (including phenoxy) is 1. The molecule has 28 heavy (non-hydrogen) atoms. The van der Waals surface area contributed by atoms with Crippen LogP contribution in [0.1, 0.15) is 75.6 Å². The Hall–Kier alpha value is -1.57. The summed E-state index contributed by atoms with van der Waals surface area (Å²) in [6.07, 6.45) is 15.2.